The lowest BCUT2D eigenvalue weighted by Gasteiger charge is -2.30. The van der Waals surface area contributed by atoms with Crippen molar-refractivity contribution in [3.05, 3.63) is 59.4 Å². The molecule has 1 saturated heterocycles. The Morgan fingerprint density at radius 3 is 2.59 bits per heavy atom. The van der Waals surface area contributed by atoms with Crippen LogP contribution in [0.1, 0.15) is 42.5 Å². The number of rotatable bonds is 5. The molecular weight excluding hydrogens is 382 g/mol. The van der Waals surface area contributed by atoms with E-state index in [-0.39, 0.29) is 5.91 Å². The Morgan fingerprint density at radius 1 is 1.03 bits per heavy atom. The Kier molecular flexibility index (Phi) is 5.02. The van der Waals surface area contributed by atoms with Crippen molar-refractivity contribution in [3.63, 3.8) is 0 Å². The first kappa shape index (κ1) is 18.3. The van der Waals surface area contributed by atoms with Crippen LogP contribution in [-0.4, -0.2) is 33.9 Å². The fourth-order valence-electron chi connectivity index (χ4n) is 4.02. The number of carbonyl (C=O) groups excluding carboxylic acids is 1. The van der Waals surface area contributed by atoms with Gasteiger partial charge in [-0.05, 0) is 49.9 Å². The molecule has 5 rings (SSSR count). The number of para-hydroxylation sites is 3. The van der Waals surface area contributed by atoms with Gasteiger partial charge < -0.3 is 9.32 Å². The molecule has 0 radical (unpaired) electrons. The number of benzene rings is 2. The van der Waals surface area contributed by atoms with Gasteiger partial charge in [-0.1, -0.05) is 24.3 Å². The molecule has 1 aliphatic heterocycles. The number of aryl methyl sites for hydroxylation is 1. The molecule has 5 nitrogen and oxygen atoms in total. The fourth-order valence-corrected chi connectivity index (χ4v) is 5.03. The fraction of sp³-hybridized carbons (Fsp3) is 0.348. The summed E-state index contributed by atoms with van der Waals surface area (Å²) in [7, 11) is 0. The molecule has 2 aromatic heterocycles. The molecule has 6 heteroatoms. The molecule has 1 amide bonds. The molecule has 3 heterocycles. The minimum absolute atomic E-state index is 0.252. The van der Waals surface area contributed by atoms with Gasteiger partial charge in [0.2, 0.25) is 5.91 Å². The van der Waals surface area contributed by atoms with Gasteiger partial charge >= 0.3 is 0 Å². The summed E-state index contributed by atoms with van der Waals surface area (Å²) in [6.45, 7) is 1.56. The lowest BCUT2D eigenvalue weighted by atomic mass is 9.96. The second kappa shape index (κ2) is 7.95. The Labute approximate surface area is 173 Å². The second-order valence-corrected chi connectivity index (χ2v) is 8.72. The first-order valence-corrected chi connectivity index (χ1v) is 11.1. The number of carbonyl (C=O) groups is 1. The zero-order valence-electron chi connectivity index (χ0n) is 16.2. The van der Waals surface area contributed by atoms with Gasteiger partial charge in [-0.25, -0.2) is 9.97 Å². The Balaban J connectivity index is 1.12. The summed E-state index contributed by atoms with van der Waals surface area (Å²) < 4.78 is 7.14. The van der Waals surface area contributed by atoms with Crippen molar-refractivity contribution < 1.29 is 9.21 Å². The summed E-state index contributed by atoms with van der Waals surface area (Å²) in [4.78, 5) is 23.9. The van der Waals surface area contributed by atoms with E-state index in [0.717, 1.165) is 66.3 Å². The highest BCUT2D eigenvalue weighted by Gasteiger charge is 2.26. The predicted molar refractivity (Wildman–Crippen MR) is 115 cm³/mol. The largest absolute Gasteiger partial charge is 0.440 e. The van der Waals surface area contributed by atoms with Gasteiger partial charge in [0.1, 0.15) is 5.52 Å². The lowest BCUT2D eigenvalue weighted by Crippen LogP contribution is -2.37. The highest BCUT2D eigenvalue weighted by Crippen LogP contribution is 2.30. The number of aromatic nitrogens is 2. The van der Waals surface area contributed by atoms with Crippen molar-refractivity contribution in [2.24, 2.45) is 0 Å². The highest BCUT2D eigenvalue weighted by atomic mass is 32.1. The molecule has 0 spiro atoms. The van der Waals surface area contributed by atoms with E-state index in [4.69, 9.17) is 4.42 Å². The maximum Gasteiger partial charge on any atom is 0.222 e. The topological polar surface area (TPSA) is 59.2 Å². The van der Waals surface area contributed by atoms with E-state index in [0.29, 0.717) is 12.3 Å². The van der Waals surface area contributed by atoms with Crippen LogP contribution >= 0.6 is 11.3 Å². The van der Waals surface area contributed by atoms with Crippen molar-refractivity contribution in [1.29, 1.82) is 0 Å². The third-order valence-corrected chi connectivity index (χ3v) is 6.72. The molecule has 0 bridgehead atoms. The molecule has 4 aromatic rings. The van der Waals surface area contributed by atoms with Gasteiger partial charge in [-0.3, -0.25) is 4.79 Å². The van der Waals surface area contributed by atoms with Crippen molar-refractivity contribution in [1.82, 2.24) is 14.9 Å². The number of hydrogen-bond acceptors (Lipinski definition) is 5. The van der Waals surface area contributed by atoms with Crippen LogP contribution in [-0.2, 0) is 11.2 Å². The average Bonchev–Trinajstić information content (AvgIpc) is 3.37. The third kappa shape index (κ3) is 3.90. The monoisotopic (exact) mass is 405 g/mol. The summed E-state index contributed by atoms with van der Waals surface area (Å²) in [5.74, 6) is 1.37. The molecular formula is C23H23N3O2S. The number of piperidine rings is 1. The van der Waals surface area contributed by atoms with Gasteiger partial charge in [-0.2, -0.15) is 0 Å². The Bertz CT molecular complexity index is 1080. The number of likely N-dealkylation sites (tertiary alicyclic amines) is 1. The third-order valence-electron chi connectivity index (χ3n) is 5.63. The highest BCUT2D eigenvalue weighted by molar-refractivity contribution is 7.18. The van der Waals surface area contributed by atoms with Crippen LogP contribution in [0.15, 0.2) is 52.9 Å². The number of thiazole rings is 1. The lowest BCUT2D eigenvalue weighted by molar-refractivity contribution is -0.132. The van der Waals surface area contributed by atoms with Crippen LogP contribution < -0.4 is 0 Å². The molecule has 0 atom stereocenters. The predicted octanol–water partition coefficient (Wildman–Crippen LogP) is 5.17. The number of fused-ring (bicyclic) bond motifs is 2. The van der Waals surface area contributed by atoms with E-state index in [1.54, 1.807) is 11.3 Å². The van der Waals surface area contributed by atoms with E-state index >= 15 is 0 Å². The summed E-state index contributed by atoms with van der Waals surface area (Å²) in [5.41, 5.74) is 2.81. The Morgan fingerprint density at radius 2 is 1.79 bits per heavy atom. The normalized spacial score (nSPS) is 15.4. The van der Waals surface area contributed by atoms with Crippen LogP contribution in [0, 0.1) is 0 Å². The molecule has 0 saturated carbocycles. The van der Waals surface area contributed by atoms with E-state index < -0.39 is 0 Å². The standard InChI is InChI=1S/C23H23N3O2S/c27-22(11-5-10-21-24-18-7-2-4-9-20(18)29-21)26-14-12-16(13-15-26)23-25-17-6-1-3-8-19(17)28-23/h1-4,6-9,16H,5,10-15H2. The summed E-state index contributed by atoms with van der Waals surface area (Å²) in [6.07, 6.45) is 4.13. The zero-order chi connectivity index (χ0) is 19.6. The maximum atomic E-state index is 12.6. The summed E-state index contributed by atoms with van der Waals surface area (Å²) in [6, 6.07) is 16.1. The van der Waals surface area contributed by atoms with Crippen LogP contribution in [0.5, 0.6) is 0 Å². The molecule has 0 unspecified atom stereocenters. The number of amides is 1. The second-order valence-electron chi connectivity index (χ2n) is 7.60. The molecule has 148 valence electrons. The molecule has 0 N–H and O–H groups in total. The number of hydrogen-bond donors (Lipinski definition) is 0. The van der Waals surface area contributed by atoms with Crippen LogP contribution in [0.25, 0.3) is 21.3 Å². The first-order chi connectivity index (χ1) is 14.3. The van der Waals surface area contributed by atoms with E-state index in [1.807, 2.05) is 47.4 Å². The smallest absolute Gasteiger partial charge is 0.222 e. The first-order valence-electron chi connectivity index (χ1n) is 10.2. The molecule has 1 fully saturated rings. The van der Waals surface area contributed by atoms with Gasteiger partial charge in [0, 0.05) is 25.4 Å². The molecule has 1 aliphatic rings. The molecule has 0 aliphatic carbocycles. The summed E-state index contributed by atoms with van der Waals surface area (Å²) >= 11 is 1.73. The van der Waals surface area contributed by atoms with Gasteiger partial charge in [0.15, 0.2) is 11.5 Å². The van der Waals surface area contributed by atoms with Crippen molar-refractivity contribution >= 4 is 38.6 Å². The minimum Gasteiger partial charge on any atom is -0.440 e. The number of nitrogens with zero attached hydrogens (tertiary/aromatic N) is 3. The Hall–Kier alpha value is -2.73. The quantitative estimate of drug-likeness (QED) is 0.460. The van der Waals surface area contributed by atoms with Gasteiger partial charge in [-0.15, -0.1) is 11.3 Å². The summed E-state index contributed by atoms with van der Waals surface area (Å²) in [5, 5.41) is 1.12. The van der Waals surface area contributed by atoms with Crippen molar-refractivity contribution in [2.75, 3.05) is 13.1 Å². The molecule has 2 aromatic carbocycles. The van der Waals surface area contributed by atoms with Crippen LogP contribution in [0.4, 0.5) is 0 Å². The minimum atomic E-state index is 0.252. The van der Waals surface area contributed by atoms with E-state index in [2.05, 4.69) is 16.0 Å². The average molecular weight is 406 g/mol. The van der Waals surface area contributed by atoms with Crippen LogP contribution in [0.2, 0.25) is 0 Å². The SMILES string of the molecule is O=C(CCCc1nc2ccccc2s1)N1CCC(c2nc3ccccc3o2)CC1. The van der Waals surface area contributed by atoms with Crippen molar-refractivity contribution in [3.8, 4) is 0 Å². The zero-order valence-corrected chi connectivity index (χ0v) is 17.0. The maximum absolute atomic E-state index is 12.6. The molecule has 29 heavy (non-hydrogen) atoms. The number of oxazole rings is 1. The van der Waals surface area contributed by atoms with E-state index in [9.17, 15) is 4.79 Å². The van der Waals surface area contributed by atoms with E-state index in [1.165, 1.54) is 4.70 Å². The van der Waals surface area contributed by atoms with Gasteiger partial charge in [0.25, 0.3) is 0 Å². The van der Waals surface area contributed by atoms with Crippen molar-refractivity contribution in [2.45, 2.75) is 38.0 Å². The van der Waals surface area contributed by atoms with Gasteiger partial charge in [0.05, 0.1) is 15.2 Å². The van der Waals surface area contributed by atoms with Crippen LogP contribution in [0.3, 0.4) is 0 Å².